The molecule has 0 aromatic carbocycles. The minimum absolute atomic E-state index is 0.658. The van der Waals surface area contributed by atoms with E-state index >= 15 is 0 Å². The van der Waals surface area contributed by atoms with Crippen molar-refractivity contribution in [1.29, 1.82) is 0 Å². The molecule has 1 fully saturated rings. The number of rotatable bonds is 4. The highest BCUT2D eigenvalue weighted by Crippen LogP contribution is 2.20. The van der Waals surface area contributed by atoms with E-state index in [-0.39, 0.29) is 0 Å². The van der Waals surface area contributed by atoms with E-state index in [1.54, 1.807) is 0 Å². The van der Waals surface area contributed by atoms with E-state index in [2.05, 4.69) is 35.8 Å². The SMILES string of the molecule is C#CC/C=C\C(=C(\Cl)CC)N1CCN(C)CC1. The first-order chi connectivity index (χ1) is 8.19. The van der Waals surface area contributed by atoms with Crippen molar-refractivity contribution < 1.29 is 0 Å². The summed E-state index contributed by atoms with van der Waals surface area (Å²) in [4.78, 5) is 4.68. The van der Waals surface area contributed by atoms with Gasteiger partial charge in [-0.1, -0.05) is 24.6 Å². The predicted molar refractivity (Wildman–Crippen MR) is 74.8 cm³/mol. The van der Waals surface area contributed by atoms with Crippen LogP contribution in [0, 0.1) is 12.3 Å². The molecular weight excluding hydrogens is 232 g/mol. The quantitative estimate of drug-likeness (QED) is 0.561. The lowest BCUT2D eigenvalue weighted by atomic mass is 10.2. The standard InChI is InChI=1S/C14H21ClN2/c1-4-6-7-8-14(13(15)5-2)17-11-9-16(3)10-12-17/h1,7-8H,5-6,9-12H2,2-3H3/b8-7-,14-13-. The molecule has 1 saturated heterocycles. The van der Waals surface area contributed by atoms with Gasteiger partial charge in [-0.05, 0) is 19.5 Å². The summed E-state index contributed by atoms with van der Waals surface area (Å²) in [7, 11) is 2.15. The molecule has 0 aliphatic carbocycles. The average Bonchev–Trinajstić information content (AvgIpc) is 2.35. The predicted octanol–water partition coefficient (Wildman–Crippen LogP) is 2.67. The van der Waals surface area contributed by atoms with Crippen molar-refractivity contribution >= 4 is 11.6 Å². The van der Waals surface area contributed by atoms with Gasteiger partial charge in [0.15, 0.2) is 0 Å². The molecule has 17 heavy (non-hydrogen) atoms. The Morgan fingerprint density at radius 3 is 2.53 bits per heavy atom. The highest BCUT2D eigenvalue weighted by atomic mass is 35.5. The van der Waals surface area contributed by atoms with Crippen LogP contribution in [0.1, 0.15) is 19.8 Å². The number of hydrogen-bond acceptors (Lipinski definition) is 2. The van der Waals surface area contributed by atoms with E-state index in [4.69, 9.17) is 18.0 Å². The van der Waals surface area contributed by atoms with Gasteiger partial charge in [0.2, 0.25) is 0 Å². The summed E-state index contributed by atoms with van der Waals surface area (Å²) in [5.41, 5.74) is 1.14. The number of piperazine rings is 1. The highest BCUT2D eigenvalue weighted by Gasteiger charge is 2.16. The Morgan fingerprint density at radius 1 is 1.35 bits per heavy atom. The summed E-state index contributed by atoms with van der Waals surface area (Å²) >= 11 is 6.30. The Hall–Kier alpha value is -0.910. The van der Waals surface area contributed by atoms with Crippen LogP contribution in [0.2, 0.25) is 0 Å². The molecule has 0 spiro atoms. The van der Waals surface area contributed by atoms with Crippen LogP contribution < -0.4 is 0 Å². The van der Waals surface area contributed by atoms with Crippen molar-refractivity contribution in [2.45, 2.75) is 19.8 Å². The van der Waals surface area contributed by atoms with E-state index in [0.29, 0.717) is 6.42 Å². The van der Waals surface area contributed by atoms with Crippen LogP contribution in [0.25, 0.3) is 0 Å². The summed E-state index contributed by atoms with van der Waals surface area (Å²) in [6.07, 6.45) is 10.8. The Balaban J connectivity index is 2.74. The molecule has 0 bridgehead atoms. The second-order valence-corrected chi connectivity index (χ2v) is 4.70. The maximum atomic E-state index is 6.30. The summed E-state index contributed by atoms with van der Waals surface area (Å²) in [5.74, 6) is 2.61. The number of nitrogens with zero attached hydrogens (tertiary/aromatic N) is 2. The molecular formula is C14H21ClN2. The van der Waals surface area contributed by atoms with Crippen molar-refractivity contribution in [3.05, 3.63) is 22.9 Å². The normalized spacial score (nSPS) is 19.3. The molecule has 1 aliphatic heterocycles. The molecule has 0 unspecified atom stereocenters. The minimum atomic E-state index is 0.658. The van der Waals surface area contributed by atoms with Gasteiger partial charge in [0.1, 0.15) is 0 Å². The van der Waals surface area contributed by atoms with E-state index in [0.717, 1.165) is 43.3 Å². The second kappa shape index (κ2) is 7.42. The van der Waals surface area contributed by atoms with Gasteiger partial charge in [-0.2, -0.15) is 0 Å². The fourth-order valence-corrected chi connectivity index (χ4v) is 2.02. The molecule has 3 heteroatoms. The zero-order valence-corrected chi connectivity index (χ0v) is 11.5. The van der Waals surface area contributed by atoms with Crippen LogP contribution in [-0.4, -0.2) is 43.0 Å². The van der Waals surface area contributed by atoms with Crippen molar-refractivity contribution in [2.75, 3.05) is 33.2 Å². The number of terminal acetylenes is 1. The van der Waals surface area contributed by atoms with Crippen molar-refractivity contribution in [3.8, 4) is 12.3 Å². The van der Waals surface area contributed by atoms with Gasteiger partial charge < -0.3 is 9.80 Å². The first-order valence-electron chi connectivity index (χ1n) is 6.11. The molecule has 0 aromatic heterocycles. The topological polar surface area (TPSA) is 6.48 Å². The van der Waals surface area contributed by atoms with Crippen LogP contribution in [0.5, 0.6) is 0 Å². The molecule has 0 radical (unpaired) electrons. The highest BCUT2D eigenvalue weighted by molar-refractivity contribution is 6.30. The molecule has 0 saturated carbocycles. The fourth-order valence-electron chi connectivity index (χ4n) is 1.83. The molecule has 0 aromatic rings. The molecule has 0 atom stereocenters. The van der Waals surface area contributed by atoms with E-state index in [1.807, 2.05) is 6.08 Å². The molecule has 1 rings (SSSR count). The van der Waals surface area contributed by atoms with Gasteiger partial charge in [0, 0.05) is 37.6 Å². The fraction of sp³-hybridized carbons (Fsp3) is 0.571. The minimum Gasteiger partial charge on any atom is -0.368 e. The van der Waals surface area contributed by atoms with Gasteiger partial charge in [0.25, 0.3) is 0 Å². The van der Waals surface area contributed by atoms with Crippen LogP contribution in [0.3, 0.4) is 0 Å². The third kappa shape index (κ3) is 4.46. The van der Waals surface area contributed by atoms with Gasteiger partial charge in [-0.15, -0.1) is 12.3 Å². The third-order valence-electron chi connectivity index (χ3n) is 2.94. The Kier molecular flexibility index (Phi) is 6.18. The molecule has 2 nitrogen and oxygen atoms in total. The Bertz CT molecular complexity index is 331. The zero-order chi connectivity index (χ0) is 12.7. The van der Waals surface area contributed by atoms with Crippen molar-refractivity contribution in [1.82, 2.24) is 9.80 Å². The number of likely N-dealkylation sites (N-methyl/N-ethyl adjacent to an activating group) is 1. The van der Waals surface area contributed by atoms with E-state index in [1.165, 1.54) is 0 Å². The zero-order valence-electron chi connectivity index (χ0n) is 10.7. The molecule has 1 heterocycles. The lowest BCUT2D eigenvalue weighted by Crippen LogP contribution is -2.43. The monoisotopic (exact) mass is 252 g/mol. The van der Waals surface area contributed by atoms with Gasteiger partial charge in [-0.25, -0.2) is 0 Å². The van der Waals surface area contributed by atoms with Crippen molar-refractivity contribution in [2.24, 2.45) is 0 Å². The third-order valence-corrected chi connectivity index (χ3v) is 3.40. The average molecular weight is 253 g/mol. The van der Waals surface area contributed by atoms with Gasteiger partial charge in [0.05, 0.1) is 5.70 Å². The largest absolute Gasteiger partial charge is 0.368 e. The van der Waals surface area contributed by atoms with Gasteiger partial charge in [-0.3, -0.25) is 0 Å². The summed E-state index contributed by atoms with van der Waals surface area (Å²) in [6.45, 7) is 6.30. The Morgan fingerprint density at radius 2 is 2.00 bits per heavy atom. The first-order valence-corrected chi connectivity index (χ1v) is 6.49. The lowest BCUT2D eigenvalue weighted by molar-refractivity contribution is 0.189. The molecule has 0 N–H and O–H groups in total. The number of hydrogen-bond donors (Lipinski definition) is 0. The number of halogens is 1. The lowest BCUT2D eigenvalue weighted by Gasteiger charge is -2.35. The summed E-state index contributed by atoms with van der Waals surface area (Å²) < 4.78 is 0. The maximum absolute atomic E-state index is 6.30. The van der Waals surface area contributed by atoms with E-state index in [9.17, 15) is 0 Å². The first kappa shape index (κ1) is 14.2. The Labute approximate surface area is 110 Å². The van der Waals surface area contributed by atoms with Crippen molar-refractivity contribution in [3.63, 3.8) is 0 Å². The maximum Gasteiger partial charge on any atom is 0.0511 e. The number of allylic oxidation sites excluding steroid dienone is 3. The summed E-state index contributed by atoms with van der Waals surface area (Å²) in [5, 5.41) is 0.919. The molecule has 1 aliphatic rings. The second-order valence-electron chi connectivity index (χ2n) is 4.24. The van der Waals surface area contributed by atoms with E-state index < -0.39 is 0 Å². The van der Waals surface area contributed by atoms with Crippen LogP contribution in [-0.2, 0) is 0 Å². The summed E-state index contributed by atoms with van der Waals surface area (Å²) in [6, 6.07) is 0. The molecule has 0 amide bonds. The van der Waals surface area contributed by atoms with Crippen LogP contribution in [0.4, 0.5) is 0 Å². The van der Waals surface area contributed by atoms with Crippen LogP contribution in [0.15, 0.2) is 22.9 Å². The molecule has 94 valence electrons. The van der Waals surface area contributed by atoms with Crippen LogP contribution >= 0.6 is 11.6 Å². The van der Waals surface area contributed by atoms with Gasteiger partial charge >= 0.3 is 0 Å². The smallest absolute Gasteiger partial charge is 0.0511 e.